The van der Waals surface area contributed by atoms with E-state index in [1.165, 1.54) is 19.2 Å². The molecule has 0 spiro atoms. The highest BCUT2D eigenvalue weighted by Crippen LogP contribution is 2.33. The van der Waals surface area contributed by atoms with Gasteiger partial charge in [0.05, 0.1) is 22.7 Å². The topological polar surface area (TPSA) is 128 Å². The summed E-state index contributed by atoms with van der Waals surface area (Å²) in [4.78, 5) is 33.0. The summed E-state index contributed by atoms with van der Waals surface area (Å²) in [5.41, 5.74) is 1.64. The Kier molecular flexibility index (Phi) is 7.94. The number of benzene rings is 1. The summed E-state index contributed by atoms with van der Waals surface area (Å²) in [6, 6.07) is 11.8. The number of sulfonamides is 1. The molecule has 0 aliphatic rings. The Morgan fingerprint density at radius 3 is 2.59 bits per heavy atom. The maximum absolute atomic E-state index is 13.1. The first-order valence-electron chi connectivity index (χ1n) is 12.3. The van der Waals surface area contributed by atoms with Crippen molar-refractivity contribution in [2.45, 2.75) is 44.6 Å². The fraction of sp³-hybridized carbons (Fsp3) is 0.346. The van der Waals surface area contributed by atoms with Crippen LogP contribution in [0.5, 0.6) is 5.75 Å². The van der Waals surface area contributed by atoms with Gasteiger partial charge in [-0.3, -0.25) is 18.9 Å². The average Bonchev–Trinajstić information content (AvgIpc) is 3.34. The van der Waals surface area contributed by atoms with Gasteiger partial charge in [-0.25, -0.2) is 17.9 Å². The summed E-state index contributed by atoms with van der Waals surface area (Å²) in [7, 11) is -2.39. The lowest BCUT2D eigenvalue weighted by atomic mass is 10.1. The summed E-state index contributed by atoms with van der Waals surface area (Å²) in [5, 5.41) is 0. The van der Waals surface area contributed by atoms with Crippen molar-refractivity contribution in [1.82, 2.24) is 23.8 Å². The standard InChI is InChI=1S/C26H31N5O5S/c1-4-14-31-22-17-21(29-24(22)25(32)30(3)26(31)33)20-16-19(9-10-23(20)36-15-5-2)37(34,35)28-13-11-18-8-6-7-12-27-18/h6-10,12,16-17,28-29H,4-5,11,13-15H2,1-3H3. The smallest absolute Gasteiger partial charge is 0.331 e. The van der Waals surface area contributed by atoms with Crippen LogP contribution < -0.4 is 20.7 Å². The van der Waals surface area contributed by atoms with Gasteiger partial charge < -0.3 is 9.72 Å². The molecule has 0 saturated heterocycles. The van der Waals surface area contributed by atoms with Gasteiger partial charge in [0.2, 0.25) is 10.0 Å². The molecule has 0 saturated carbocycles. The van der Waals surface area contributed by atoms with E-state index in [9.17, 15) is 18.0 Å². The van der Waals surface area contributed by atoms with E-state index in [4.69, 9.17) is 4.74 Å². The third-order valence-electron chi connectivity index (χ3n) is 5.98. The second kappa shape index (κ2) is 11.1. The van der Waals surface area contributed by atoms with Gasteiger partial charge in [0, 0.05) is 44.0 Å². The molecule has 0 unspecified atom stereocenters. The second-order valence-electron chi connectivity index (χ2n) is 8.72. The van der Waals surface area contributed by atoms with Crippen LogP contribution in [0, 0.1) is 0 Å². The number of hydrogen-bond donors (Lipinski definition) is 2. The molecule has 4 aromatic rings. The lowest BCUT2D eigenvalue weighted by molar-refractivity contribution is 0.318. The number of aromatic nitrogens is 4. The molecular weight excluding hydrogens is 494 g/mol. The van der Waals surface area contributed by atoms with E-state index >= 15 is 0 Å². The molecule has 10 nitrogen and oxygen atoms in total. The Hall–Kier alpha value is -3.70. The van der Waals surface area contributed by atoms with Crippen LogP contribution in [0.25, 0.3) is 22.3 Å². The first kappa shape index (κ1) is 26.4. The minimum atomic E-state index is -3.83. The summed E-state index contributed by atoms with van der Waals surface area (Å²) in [6.45, 7) is 4.98. The van der Waals surface area contributed by atoms with Crippen LogP contribution in [0.4, 0.5) is 0 Å². The first-order valence-corrected chi connectivity index (χ1v) is 13.7. The fourth-order valence-corrected chi connectivity index (χ4v) is 5.17. The highest BCUT2D eigenvalue weighted by molar-refractivity contribution is 7.89. The van der Waals surface area contributed by atoms with Crippen molar-refractivity contribution >= 4 is 21.1 Å². The highest BCUT2D eigenvalue weighted by atomic mass is 32.2. The SMILES string of the molecule is CCCOc1ccc(S(=O)(=O)NCCc2ccccn2)cc1-c1cc2c([nH]1)c(=O)n(C)c(=O)n2CCC. The molecule has 0 atom stereocenters. The third-order valence-corrected chi connectivity index (χ3v) is 7.44. The molecule has 0 fully saturated rings. The van der Waals surface area contributed by atoms with Gasteiger partial charge in [-0.15, -0.1) is 0 Å². The highest BCUT2D eigenvalue weighted by Gasteiger charge is 2.20. The summed E-state index contributed by atoms with van der Waals surface area (Å²) in [5.74, 6) is 0.474. The van der Waals surface area contributed by atoms with Gasteiger partial charge in [0.25, 0.3) is 5.56 Å². The summed E-state index contributed by atoms with van der Waals surface area (Å²) < 4.78 is 37.4. The Balaban J connectivity index is 1.76. The van der Waals surface area contributed by atoms with E-state index in [1.807, 2.05) is 26.0 Å². The van der Waals surface area contributed by atoms with E-state index in [0.717, 1.165) is 16.7 Å². The van der Waals surface area contributed by atoms with Crippen molar-refractivity contribution in [1.29, 1.82) is 0 Å². The van der Waals surface area contributed by atoms with Crippen molar-refractivity contribution in [3.8, 4) is 17.0 Å². The van der Waals surface area contributed by atoms with E-state index in [2.05, 4.69) is 14.7 Å². The first-order chi connectivity index (χ1) is 17.8. The second-order valence-corrected chi connectivity index (χ2v) is 10.5. The molecule has 3 heterocycles. The maximum Gasteiger partial charge on any atom is 0.331 e. The molecule has 0 aliphatic heterocycles. The number of fused-ring (bicyclic) bond motifs is 1. The van der Waals surface area contributed by atoms with Crippen molar-refractivity contribution in [2.75, 3.05) is 13.2 Å². The lowest BCUT2D eigenvalue weighted by Gasteiger charge is -2.13. The molecule has 0 aliphatic carbocycles. The number of pyridine rings is 1. The predicted molar refractivity (Wildman–Crippen MR) is 142 cm³/mol. The van der Waals surface area contributed by atoms with Crippen LogP contribution in [-0.2, 0) is 30.0 Å². The molecule has 0 bridgehead atoms. The number of aromatic amines is 1. The Morgan fingerprint density at radius 1 is 1.08 bits per heavy atom. The molecule has 37 heavy (non-hydrogen) atoms. The zero-order valence-corrected chi connectivity index (χ0v) is 22.0. The lowest BCUT2D eigenvalue weighted by Crippen LogP contribution is -2.38. The van der Waals surface area contributed by atoms with E-state index in [1.54, 1.807) is 29.0 Å². The zero-order chi connectivity index (χ0) is 26.6. The number of nitrogens with zero attached hydrogens (tertiary/aromatic N) is 3. The number of H-pyrrole nitrogens is 1. The number of ether oxygens (including phenoxy) is 1. The van der Waals surface area contributed by atoms with Gasteiger partial charge >= 0.3 is 5.69 Å². The number of hydrogen-bond acceptors (Lipinski definition) is 6. The van der Waals surface area contributed by atoms with Crippen molar-refractivity contribution in [2.24, 2.45) is 7.05 Å². The minimum absolute atomic E-state index is 0.0601. The summed E-state index contributed by atoms with van der Waals surface area (Å²) in [6.07, 6.45) is 3.58. The molecule has 0 amide bonds. The van der Waals surface area contributed by atoms with Crippen LogP contribution in [0.15, 0.2) is 63.1 Å². The van der Waals surface area contributed by atoms with E-state index < -0.39 is 21.3 Å². The zero-order valence-electron chi connectivity index (χ0n) is 21.2. The van der Waals surface area contributed by atoms with Crippen LogP contribution >= 0.6 is 0 Å². The molecule has 4 rings (SSSR count). The van der Waals surface area contributed by atoms with Gasteiger partial charge in [-0.05, 0) is 49.2 Å². The molecule has 196 valence electrons. The number of aryl methyl sites for hydroxylation is 1. The maximum atomic E-state index is 13.1. The van der Waals surface area contributed by atoms with E-state index in [-0.39, 0.29) is 17.0 Å². The monoisotopic (exact) mass is 525 g/mol. The van der Waals surface area contributed by atoms with Gasteiger partial charge in [-0.1, -0.05) is 19.9 Å². The van der Waals surface area contributed by atoms with Gasteiger partial charge in [0.15, 0.2) is 0 Å². The molecule has 2 N–H and O–H groups in total. The predicted octanol–water partition coefficient (Wildman–Crippen LogP) is 2.81. The molecule has 0 radical (unpaired) electrons. The normalized spacial score (nSPS) is 11.8. The van der Waals surface area contributed by atoms with Crippen LogP contribution in [-0.4, -0.2) is 40.7 Å². The molecule has 1 aromatic carbocycles. The largest absolute Gasteiger partial charge is 0.493 e. The Morgan fingerprint density at radius 2 is 1.89 bits per heavy atom. The van der Waals surface area contributed by atoms with E-state index in [0.29, 0.717) is 48.5 Å². The summed E-state index contributed by atoms with van der Waals surface area (Å²) >= 11 is 0. The average molecular weight is 526 g/mol. The quantitative estimate of drug-likeness (QED) is 0.310. The van der Waals surface area contributed by atoms with Crippen molar-refractivity contribution in [3.05, 3.63) is 75.2 Å². The van der Waals surface area contributed by atoms with Crippen molar-refractivity contribution in [3.63, 3.8) is 0 Å². The van der Waals surface area contributed by atoms with Crippen LogP contribution in [0.2, 0.25) is 0 Å². The Labute approximate surface area is 215 Å². The van der Waals surface area contributed by atoms with Gasteiger partial charge in [-0.2, -0.15) is 0 Å². The number of rotatable bonds is 11. The number of nitrogens with one attached hydrogen (secondary N) is 2. The molecular formula is C26H31N5O5S. The fourth-order valence-electron chi connectivity index (χ4n) is 4.11. The van der Waals surface area contributed by atoms with Crippen LogP contribution in [0.1, 0.15) is 32.4 Å². The molecule has 3 aromatic heterocycles. The molecule has 11 heteroatoms. The van der Waals surface area contributed by atoms with Crippen molar-refractivity contribution < 1.29 is 13.2 Å². The third kappa shape index (κ3) is 5.52. The van der Waals surface area contributed by atoms with Crippen LogP contribution in [0.3, 0.4) is 0 Å². The van der Waals surface area contributed by atoms with Gasteiger partial charge in [0.1, 0.15) is 11.3 Å². The minimum Gasteiger partial charge on any atom is -0.493 e. The Bertz CT molecular complexity index is 1620.